The maximum atomic E-state index is 12.4. The summed E-state index contributed by atoms with van der Waals surface area (Å²) < 4.78 is 0. The predicted octanol–water partition coefficient (Wildman–Crippen LogP) is 3.67. The van der Waals surface area contributed by atoms with Gasteiger partial charge in [0.05, 0.1) is 16.6 Å². The van der Waals surface area contributed by atoms with E-state index in [4.69, 9.17) is 11.6 Å². The predicted molar refractivity (Wildman–Crippen MR) is 82.3 cm³/mol. The first-order chi connectivity index (χ1) is 9.65. The molecule has 2 rings (SSSR count). The molecule has 0 saturated heterocycles. The van der Waals surface area contributed by atoms with Crippen molar-refractivity contribution in [3.63, 3.8) is 0 Å². The molecule has 1 unspecified atom stereocenters. The van der Waals surface area contributed by atoms with Crippen molar-refractivity contribution in [3.8, 4) is 0 Å². The van der Waals surface area contributed by atoms with Crippen molar-refractivity contribution in [3.05, 3.63) is 47.0 Å². The zero-order chi connectivity index (χ0) is 14.5. The van der Waals surface area contributed by atoms with E-state index in [2.05, 4.69) is 15.3 Å². The molecule has 2 aromatic rings. The number of thioether (sulfide) groups is 1. The Kier molecular flexibility index (Phi) is 5.09. The standard InChI is InChI=1S/C14H16ClN3OS/c1-3-12(13-16-6-7-17-13)18-14(19)10-8-9(20-2)4-5-11(10)15/h4-8,12H,3H2,1-2H3,(H,16,17)(H,18,19). The van der Waals surface area contributed by atoms with Crippen molar-refractivity contribution in [2.75, 3.05) is 6.26 Å². The number of aromatic nitrogens is 2. The van der Waals surface area contributed by atoms with Gasteiger partial charge < -0.3 is 10.3 Å². The molecule has 1 aromatic carbocycles. The molecule has 0 bridgehead atoms. The average molecular weight is 310 g/mol. The van der Waals surface area contributed by atoms with Crippen molar-refractivity contribution in [2.45, 2.75) is 24.3 Å². The van der Waals surface area contributed by atoms with Gasteiger partial charge in [0.25, 0.3) is 5.91 Å². The molecule has 1 heterocycles. The molecule has 2 N–H and O–H groups in total. The summed E-state index contributed by atoms with van der Waals surface area (Å²) in [7, 11) is 0. The van der Waals surface area contributed by atoms with Crippen LogP contribution in [0.4, 0.5) is 0 Å². The van der Waals surface area contributed by atoms with E-state index in [1.54, 1.807) is 36.3 Å². The van der Waals surface area contributed by atoms with Crippen LogP contribution >= 0.6 is 23.4 Å². The molecule has 0 saturated carbocycles. The minimum Gasteiger partial charge on any atom is -0.347 e. The highest BCUT2D eigenvalue weighted by Crippen LogP contribution is 2.24. The minimum absolute atomic E-state index is 0.147. The Morgan fingerprint density at radius 1 is 1.55 bits per heavy atom. The summed E-state index contributed by atoms with van der Waals surface area (Å²) in [5, 5.41) is 3.40. The number of H-pyrrole nitrogens is 1. The monoisotopic (exact) mass is 309 g/mol. The van der Waals surface area contributed by atoms with Gasteiger partial charge in [0.1, 0.15) is 5.82 Å². The SMILES string of the molecule is CCC(NC(=O)c1cc(SC)ccc1Cl)c1ncc[nH]1. The second kappa shape index (κ2) is 6.81. The number of imidazole rings is 1. The number of aromatic amines is 1. The number of rotatable bonds is 5. The molecule has 1 aromatic heterocycles. The van der Waals surface area contributed by atoms with E-state index in [1.165, 1.54) is 0 Å². The molecule has 6 heteroatoms. The van der Waals surface area contributed by atoms with E-state index >= 15 is 0 Å². The van der Waals surface area contributed by atoms with Gasteiger partial charge in [-0.2, -0.15) is 0 Å². The van der Waals surface area contributed by atoms with Crippen LogP contribution in [0.25, 0.3) is 0 Å². The first-order valence-corrected chi connectivity index (χ1v) is 7.89. The van der Waals surface area contributed by atoms with Gasteiger partial charge in [-0.15, -0.1) is 11.8 Å². The number of nitrogens with zero attached hydrogens (tertiary/aromatic N) is 1. The maximum Gasteiger partial charge on any atom is 0.253 e. The van der Waals surface area contributed by atoms with Crippen LogP contribution < -0.4 is 5.32 Å². The highest BCUT2D eigenvalue weighted by molar-refractivity contribution is 7.98. The Morgan fingerprint density at radius 2 is 2.35 bits per heavy atom. The number of amides is 1. The molecule has 106 valence electrons. The molecule has 0 radical (unpaired) electrons. The first-order valence-electron chi connectivity index (χ1n) is 6.29. The lowest BCUT2D eigenvalue weighted by Crippen LogP contribution is -2.29. The van der Waals surface area contributed by atoms with Crippen LogP contribution in [0.1, 0.15) is 35.6 Å². The lowest BCUT2D eigenvalue weighted by atomic mass is 10.1. The maximum absolute atomic E-state index is 12.4. The van der Waals surface area contributed by atoms with Gasteiger partial charge in [0.2, 0.25) is 0 Å². The molecule has 0 fully saturated rings. The van der Waals surface area contributed by atoms with Crippen molar-refractivity contribution >= 4 is 29.3 Å². The van der Waals surface area contributed by atoms with Gasteiger partial charge in [0.15, 0.2) is 0 Å². The molecular weight excluding hydrogens is 294 g/mol. The summed E-state index contributed by atoms with van der Waals surface area (Å²) in [4.78, 5) is 20.6. The normalized spacial score (nSPS) is 12.2. The Bertz CT molecular complexity index is 586. The summed E-state index contributed by atoms with van der Waals surface area (Å²) in [5.74, 6) is 0.562. The van der Waals surface area contributed by atoms with E-state index in [0.717, 1.165) is 17.1 Å². The fourth-order valence-electron chi connectivity index (χ4n) is 1.87. The van der Waals surface area contributed by atoms with Crippen molar-refractivity contribution in [2.24, 2.45) is 0 Å². The van der Waals surface area contributed by atoms with E-state index < -0.39 is 0 Å². The highest BCUT2D eigenvalue weighted by Gasteiger charge is 2.18. The van der Waals surface area contributed by atoms with E-state index in [1.807, 2.05) is 19.2 Å². The van der Waals surface area contributed by atoms with Gasteiger partial charge in [-0.3, -0.25) is 4.79 Å². The zero-order valence-corrected chi connectivity index (χ0v) is 12.9. The number of hydrogen-bond acceptors (Lipinski definition) is 3. The average Bonchev–Trinajstić information content (AvgIpc) is 2.99. The first kappa shape index (κ1) is 14.9. The molecule has 0 aliphatic carbocycles. The van der Waals surface area contributed by atoms with Crippen LogP contribution in [0.2, 0.25) is 5.02 Å². The van der Waals surface area contributed by atoms with E-state index in [9.17, 15) is 4.79 Å². The third-order valence-corrected chi connectivity index (χ3v) is 4.04. The molecule has 0 spiro atoms. The van der Waals surface area contributed by atoms with E-state index in [-0.39, 0.29) is 11.9 Å². The molecule has 0 aliphatic heterocycles. The fourth-order valence-corrected chi connectivity index (χ4v) is 2.52. The summed E-state index contributed by atoms with van der Waals surface area (Å²) in [6.07, 6.45) is 6.12. The second-order valence-corrected chi connectivity index (χ2v) is 5.54. The summed E-state index contributed by atoms with van der Waals surface area (Å²) in [6, 6.07) is 5.30. The van der Waals surface area contributed by atoms with Gasteiger partial charge in [-0.1, -0.05) is 18.5 Å². The molecule has 1 atom stereocenters. The third kappa shape index (κ3) is 3.35. The smallest absolute Gasteiger partial charge is 0.253 e. The Morgan fingerprint density at radius 3 is 2.95 bits per heavy atom. The highest BCUT2D eigenvalue weighted by atomic mass is 35.5. The molecule has 0 aliphatic rings. The lowest BCUT2D eigenvalue weighted by molar-refractivity contribution is 0.0934. The molecule has 4 nitrogen and oxygen atoms in total. The summed E-state index contributed by atoms with van der Waals surface area (Å²) in [5.41, 5.74) is 0.489. The van der Waals surface area contributed by atoms with Crippen molar-refractivity contribution in [1.82, 2.24) is 15.3 Å². The zero-order valence-electron chi connectivity index (χ0n) is 11.3. The van der Waals surface area contributed by atoms with E-state index in [0.29, 0.717) is 10.6 Å². The van der Waals surface area contributed by atoms with Crippen LogP contribution in [0.15, 0.2) is 35.5 Å². The van der Waals surface area contributed by atoms with Crippen LogP contribution in [0, 0.1) is 0 Å². The van der Waals surface area contributed by atoms with Gasteiger partial charge >= 0.3 is 0 Å². The van der Waals surface area contributed by atoms with Crippen LogP contribution in [-0.2, 0) is 0 Å². The number of benzene rings is 1. The lowest BCUT2D eigenvalue weighted by Gasteiger charge is -2.15. The van der Waals surface area contributed by atoms with Gasteiger partial charge in [-0.05, 0) is 30.9 Å². The Balaban J connectivity index is 2.19. The van der Waals surface area contributed by atoms with Crippen molar-refractivity contribution in [1.29, 1.82) is 0 Å². The molecular formula is C14H16ClN3OS. The quantitative estimate of drug-likeness (QED) is 0.829. The minimum atomic E-state index is -0.186. The Hall–Kier alpha value is -1.46. The van der Waals surface area contributed by atoms with Gasteiger partial charge in [0, 0.05) is 17.3 Å². The topological polar surface area (TPSA) is 57.8 Å². The largest absolute Gasteiger partial charge is 0.347 e. The second-order valence-electron chi connectivity index (χ2n) is 4.25. The fraction of sp³-hybridized carbons (Fsp3) is 0.286. The summed E-state index contributed by atoms with van der Waals surface area (Å²) in [6.45, 7) is 1.99. The Labute approximate surface area is 127 Å². The van der Waals surface area contributed by atoms with Crippen LogP contribution in [-0.4, -0.2) is 22.1 Å². The number of carbonyl (C=O) groups is 1. The molecule has 1 amide bonds. The number of nitrogens with one attached hydrogen (secondary N) is 2. The number of halogens is 1. The van der Waals surface area contributed by atoms with Gasteiger partial charge in [-0.25, -0.2) is 4.98 Å². The number of carbonyl (C=O) groups excluding carboxylic acids is 1. The molecule has 20 heavy (non-hydrogen) atoms. The van der Waals surface area contributed by atoms with Crippen molar-refractivity contribution < 1.29 is 4.79 Å². The third-order valence-electron chi connectivity index (χ3n) is 2.98. The summed E-state index contributed by atoms with van der Waals surface area (Å²) >= 11 is 7.68. The number of hydrogen-bond donors (Lipinski definition) is 2. The van der Waals surface area contributed by atoms with Crippen LogP contribution in [0.5, 0.6) is 0 Å². The van der Waals surface area contributed by atoms with Crippen LogP contribution in [0.3, 0.4) is 0 Å².